The molecule has 0 heterocycles. The van der Waals surface area contributed by atoms with Crippen LogP contribution in [0.5, 0.6) is 5.75 Å². The molecule has 0 aromatic heterocycles. The predicted molar refractivity (Wildman–Crippen MR) is 64.3 cm³/mol. The molecule has 0 saturated carbocycles. The van der Waals surface area contributed by atoms with Gasteiger partial charge in [0.25, 0.3) is 0 Å². The number of methoxy groups -OCH3 is 1. The molecule has 0 saturated heterocycles. The molecule has 19 heavy (non-hydrogen) atoms. The second-order valence-corrected chi connectivity index (χ2v) is 3.94. The highest BCUT2D eigenvalue weighted by atomic mass is 19.4. The van der Waals surface area contributed by atoms with Crippen LogP contribution < -0.4 is 16.0 Å². The highest BCUT2D eigenvalue weighted by molar-refractivity contribution is 5.36. The molecular formula is C12H17F3N2O2. The summed E-state index contributed by atoms with van der Waals surface area (Å²) in [6.45, 7) is 0.514. The minimum Gasteiger partial charge on any atom is -0.405 e. The molecule has 4 nitrogen and oxygen atoms in total. The van der Waals surface area contributed by atoms with E-state index in [1.165, 1.54) is 12.1 Å². The lowest BCUT2D eigenvalue weighted by molar-refractivity contribution is -0.275. The summed E-state index contributed by atoms with van der Waals surface area (Å²) in [4.78, 5) is 0. The highest BCUT2D eigenvalue weighted by Gasteiger charge is 2.32. The summed E-state index contributed by atoms with van der Waals surface area (Å²) >= 11 is 0. The summed E-state index contributed by atoms with van der Waals surface area (Å²) in [5.41, 5.74) is 2.87. The van der Waals surface area contributed by atoms with Gasteiger partial charge in [0.1, 0.15) is 5.75 Å². The Hall–Kier alpha value is -1.31. The average Bonchev–Trinajstić information content (AvgIpc) is 2.34. The minimum atomic E-state index is -4.72. The monoisotopic (exact) mass is 278 g/mol. The number of alkyl halides is 3. The van der Waals surface area contributed by atoms with Crippen LogP contribution in [0.15, 0.2) is 24.3 Å². The zero-order chi connectivity index (χ0) is 14.3. The summed E-state index contributed by atoms with van der Waals surface area (Å²) in [7, 11) is 1.56. The molecule has 0 radical (unpaired) electrons. The number of hydrogen-bond acceptors (Lipinski definition) is 4. The molecule has 0 aliphatic heterocycles. The van der Waals surface area contributed by atoms with Gasteiger partial charge in [0.2, 0.25) is 0 Å². The van der Waals surface area contributed by atoms with Crippen LogP contribution in [-0.2, 0) is 4.74 Å². The third-order valence-corrected chi connectivity index (χ3v) is 2.56. The number of benzene rings is 1. The smallest absolute Gasteiger partial charge is 0.405 e. The summed E-state index contributed by atoms with van der Waals surface area (Å²) in [5, 5.41) is 0. The number of ether oxygens (including phenoxy) is 2. The van der Waals surface area contributed by atoms with Gasteiger partial charge in [-0.2, -0.15) is 0 Å². The van der Waals surface area contributed by atoms with Gasteiger partial charge in [-0.3, -0.25) is 11.3 Å². The standard InChI is InChI=1S/C12H17F3N2O2/c1-18-8-4-6-10(17-16)9-5-2-3-7-11(9)19-12(13,14)15/h2-3,5,7,10,17H,4,6,8,16H2,1H3. The largest absolute Gasteiger partial charge is 0.573 e. The van der Waals surface area contributed by atoms with Crippen molar-refractivity contribution in [1.29, 1.82) is 0 Å². The van der Waals surface area contributed by atoms with Crippen LogP contribution >= 0.6 is 0 Å². The molecule has 0 aliphatic carbocycles. The molecule has 0 bridgehead atoms. The fraction of sp³-hybridized carbons (Fsp3) is 0.500. The van der Waals surface area contributed by atoms with Crippen molar-refractivity contribution < 1.29 is 22.6 Å². The molecule has 1 aromatic rings. The Morgan fingerprint density at radius 3 is 2.58 bits per heavy atom. The number of rotatable bonds is 7. The Morgan fingerprint density at radius 1 is 1.32 bits per heavy atom. The summed E-state index contributed by atoms with van der Waals surface area (Å²) < 4.78 is 45.8. The third-order valence-electron chi connectivity index (χ3n) is 2.56. The van der Waals surface area contributed by atoms with Gasteiger partial charge >= 0.3 is 6.36 Å². The summed E-state index contributed by atoms with van der Waals surface area (Å²) in [5.74, 6) is 5.15. The molecule has 0 fully saturated rings. The normalized spacial score (nSPS) is 13.3. The third kappa shape index (κ3) is 5.46. The maximum atomic E-state index is 12.3. The van der Waals surface area contributed by atoms with Crippen molar-refractivity contribution in [2.75, 3.05) is 13.7 Å². The van der Waals surface area contributed by atoms with E-state index in [0.717, 1.165) is 0 Å². The number of hydrogen-bond donors (Lipinski definition) is 2. The Kier molecular flexibility index (Phi) is 6.07. The minimum absolute atomic E-state index is 0.240. The van der Waals surface area contributed by atoms with E-state index in [0.29, 0.717) is 25.0 Å². The second-order valence-electron chi connectivity index (χ2n) is 3.94. The van der Waals surface area contributed by atoms with Gasteiger partial charge in [0, 0.05) is 25.3 Å². The van der Waals surface area contributed by atoms with Crippen LogP contribution in [0.3, 0.4) is 0 Å². The van der Waals surface area contributed by atoms with Crippen molar-refractivity contribution >= 4 is 0 Å². The molecule has 1 aromatic carbocycles. The van der Waals surface area contributed by atoms with Gasteiger partial charge in [-0.05, 0) is 18.9 Å². The van der Waals surface area contributed by atoms with Crippen molar-refractivity contribution in [3.8, 4) is 5.75 Å². The Labute approximate surface area is 109 Å². The van der Waals surface area contributed by atoms with Crippen molar-refractivity contribution in [3.63, 3.8) is 0 Å². The molecule has 1 unspecified atom stereocenters. The maximum absolute atomic E-state index is 12.3. The molecule has 0 aliphatic rings. The van der Waals surface area contributed by atoms with Gasteiger partial charge in [0.05, 0.1) is 0 Å². The van der Waals surface area contributed by atoms with Crippen molar-refractivity contribution in [2.24, 2.45) is 5.84 Å². The second kappa shape index (κ2) is 7.32. The van der Waals surface area contributed by atoms with Gasteiger partial charge in [-0.25, -0.2) is 0 Å². The van der Waals surface area contributed by atoms with Crippen LogP contribution in [0.1, 0.15) is 24.4 Å². The lowest BCUT2D eigenvalue weighted by Gasteiger charge is -2.20. The van der Waals surface area contributed by atoms with Crippen molar-refractivity contribution in [1.82, 2.24) is 5.43 Å². The van der Waals surface area contributed by atoms with Crippen LogP contribution in [0.4, 0.5) is 13.2 Å². The number of hydrazine groups is 1. The van der Waals surface area contributed by atoms with E-state index in [1.807, 2.05) is 0 Å². The van der Waals surface area contributed by atoms with Crippen LogP contribution in [-0.4, -0.2) is 20.1 Å². The van der Waals surface area contributed by atoms with Gasteiger partial charge in [-0.15, -0.1) is 13.2 Å². The first-order chi connectivity index (χ1) is 8.98. The van der Waals surface area contributed by atoms with E-state index >= 15 is 0 Å². The number of nitrogens with one attached hydrogen (secondary N) is 1. The van der Waals surface area contributed by atoms with Gasteiger partial charge in [-0.1, -0.05) is 18.2 Å². The zero-order valence-electron chi connectivity index (χ0n) is 10.5. The topological polar surface area (TPSA) is 56.5 Å². The Balaban J connectivity index is 2.84. The van der Waals surface area contributed by atoms with Crippen LogP contribution in [0.2, 0.25) is 0 Å². The summed E-state index contributed by atoms with van der Waals surface area (Å²) in [6.07, 6.45) is -3.50. The highest BCUT2D eigenvalue weighted by Crippen LogP contribution is 2.31. The summed E-state index contributed by atoms with van der Waals surface area (Å²) in [6, 6.07) is 5.52. The van der Waals surface area contributed by atoms with Crippen LogP contribution in [0, 0.1) is 0 Å². The quantitative estimate of drug-likeness (QED) is 0.457. The fourth-order valence-electron chi connectivity index (χ4n) is 1.75. The first-order valence-corrected chi connectivity index (χ1v) is 5.77. The average molecular weight is 278 g/mol. The van der Waals surface area contributed by atoms with Crippen molar-refractivity contribution in [2.45, 2.75) is 25.2 Å². The van der Waals surface area contributed by atoms with Gasteiger partial charge in [0.15, 0.2) is 0 Å². The van der Waals surface area contributed by atoms with Crippen molar-refractivity contribution in [3.05, 3.63) is 29.8 Å². The fourth-order valence-corrected chi connectivity index (χ4v) is 1.75. The molecule has 3 N–H and O–H groups in total. The number of nitrogens with two attached hydrogens (primary N) is 1. The first kappa shape index (κ1) is 15.7. The van der Waals surface area contributed by atoms with E-state index in [1.54, 1.807) is 19.2 Å². The van der Waals surface area contributed by atoms with E-state index < -0.39 is 12.4 Å². The van der Waals surface area contributed by atoms with E-state index in [2.05, 4.69) is 10.2 Å². The molecule has 108 valence electrons. The van der Waals surface area contributed by atoms with Gasteiger partial charge < -0.3 is 9.47 Å². The Morgan fingerprint density at radius 2 is 2.00 bits per heavy atom. The zero-order valence-corrected chi connectivity index (χ0v) is 10.5. The maximum Gasteiger partial charge on any atom is 0.573 e. The number of halogens is 3. The molecule has 7 heteroatoms. The lowest BCUT2D eigenvalue weighted by atomic mass is 10.0. The molecule has 1 atom stereocenters. The molecule has 0 spiro atoms. The Bertz CT molecular complexity index is 385. The molecular weight excluding hydrogens is 261 g/mol. The lowest BCUT2D eigenvalue weighted by Crippen LogP contribution is -2.29. The van der Waals surface area contributed by atoms with E-state index in [4.69, 9.17) is 10.6 Å². The molecule has 1 rings (SSSR count). The molecule has 0 amide bonds. The van der Waals surface area contributed by atoms with E-state index in [-0.39, 0.29) is 5.75 Å². The SMILES string of the molecule is COCCCC(NN)c1ccccc1OC(F)(F)F. The van der Waals surface area contributed by atoms with Crippen LogP contribution in [0.25, 0.3) is 0 Å². The first-order valence-electron chi connectivity index (χ1n) is 5.77. The number of para-hydroxylation sites is 1. The van der Waals surface area contributed by atoms with E-state index in [9.17, 15) is 13.2 Å². The predicted octanol–water partition coefficient (Wildman–Crippen LogP) is 2.52.